The minimum Gasteiger partial charge on any atom is -0.338 e. The molecule has 1 aromatic heterocycles. The molecule has 1 saturated heterocycles. The molecule has 1 aromatic rings. The number of carbonyl (C=O) groups excluding carboxylic acids is 1. The summed E-state index contributed by atoms with van der Waals surface area (Å²) in [5.41, 5.74) is 5.91. The van der Waals surface area contributed by atoms with Gasteiger partial charge in [-0.3, -0.25) is 4.79 Å². The van der Waals surface area contributed by atoms with E-state index in [1.54, 1.807) is 18.5 Å². The van der Waals surface area contributed by atoms with Crippen molar-refractivity contribution in [3.8, 4) is 0 Å². The van der Waals surface area contributed by atoms with Crippen molar-refractivity contribution in [2.75, 3.05) is 31.1 Å². The van der Waals surface area contributed by atoms with Gasteiger partial charge in [0.1, 0.15) is 0 Å². The predicted octanol–water partition coefficient (Wildman–Crippen LogP) is 0.109. The van der Waals surface area contributed by atoms with Crippen LogP contribution in [-0.4, -0.2) is 53.0 Å². The maximum Gasteiger partial charge on any atom is 0.239 e. The van der Waals surface area contributed by atoms with Gasteiger partial charge in [-0.1, -0.05) is 13.8 Å². The molecule has 2 N–H and O–H groups in total. The quantitative estimate of drug-likeness (QED) is 0.837. The summed E-state index contributed by atoms with van der Waals surface area (Å²) in [4.78, 5) is 24.5. The number of piperazine rings is 1. The first-order chi connectivity index (χ1) is 9.09. The van der Waals surface area contributed by atoms with Gasteiger partial charge in [0.2, 0.25) is 11.9 Å². The SMILES string of the molecule is CC(C)C(N)C(=O)N1CCN(c2ncccn2)CC1. The van der Waals surface area contributed by atoms with Crippen LogP contribution in [0.5, 0.6) is 0 Å². The molecule has 104 valence electrons. The molecular weight excluding hydrogens is 242 g/mol. The second-order valence-electron chi connectivity index (χ2n) is 5.13. The molecule has 2 heterocycles. The maximum absolute atomic E-state index is 12.1. The van der Waals surface area contributed by atoms with Crippen molar-refractivity contribution in [2.45, 2.75) is 19.9 Å². The fourth-order valence-electron chi connectivity index (χ4n) is 2.08. The molecule has 0 radical (unpaired) electrons. The molecule has 0 spiro atoms. The fraction of sp³-hybridized carbons (Fsp3) is 0.615. The smallest absolute Gasteiger partial charge is 0.239 e. The van der Waals surface area contributed by atoms with Crippen LogP contribution in [0.3, 0.4) is 0 Å². The first kappa shape index (κ1) is 13.7. The van der Waals surface area contributed by atoms with E-state index in [1.165, 1.54) is 0 Å². The van der Waals surface area contributed by atoms with Crippen LogP contribution < -0.4 is 10.6 Å². The summed E-state index contributed by atoms with van der Waals surface area (Å²) in [5, 5.41) is 0. The summed E-state index contributed by atoms with van der Waals surface area (Å²) in [6, 6.07) is 1.39. The zero-order valence-corrected chi connectivity index (χ0v) is 11.5. The van der Waals surface area contributed by atoms with E-state index in [0.29, 0.717) is 13.1 Å². The third-order valence-corrected chi connectivity index (χ3v) is 3.43. The van der Waals surface area contributed by atoms with Gasteiger partial charge in [0.15, 0.2) is 0 Å². The molecule has 6 heteroatoms. The van der Waals surface area contributed by atoms with Crippen molar-refractivity contribution in [1.82, 2.24) is 14.9 Å². The lowest BCUT2D eigenvalue weighted by molar-refractivity contribution is -0.133. The normalized spacial score (nSPS) is 17.7. The highest BCUT2D eigenvalue weighted by atomic mass is 16.2. The average molecular weight is 263 g/mol. The summed E-state index contributed by atoms with van der Waals surface area (Å²) in [6.45, 7) is 6.80. The van der Waals surface area contributed by atoms with Gasteiger partial charge in [-0.2, -0.15) is 0 Å². The van der Waals surface area contributed by atoms with Crippen LogP contribution in [-0.2, 0) is 4.79 Å². The number of nitrogens with two attached hydrogens (primary N) is 1. The van der Waals surface area contributed by atoms with E-state index < -0.39 is 6.04 Å². The second-order valence-corrected chi connectivity index (χ2v) is 5.13. The lowest BCUT2D eigenvalue weighted by Gasteiger charge is -2.36. The van der Waals surface area contributed by atoms with Crippen LogP contribution in [0.2, 0.25) is 0 Å². The Morgan fingerprint density at radius 1 is 1.21 bits per heavy atom. The predicted molar refractivity (Wildman–Crippen MR) is 73.6 cm³/mol. The van der Waals surface area contributed by atoms with E-state index in [2.05, 4.69) is 14.9 Å². The van der Waals surface area contributed by atoms with Crippen LogP contribution >= 0.6 is 0 Å². The Balaban J connectivity index is 1.91. The van der Waals surface area contributed by atoms with Gasteiger partial charge >= 0.3 is 0 Å². The van der Waals surface area contributed by atoms with E-state index in [-0.39, 0.29) is 11.8 Å². The Morgan fingerprint density at radius 2 is 1.79 bits per heavy atom. The van der Waals surface area contributed by atoms with Gasteiger partial charge in [0.05, 0.1) is 6.04 Å². The Labute approximate surface area is 113 Å². The highest BCUT2D eigenvalue weighted by molar-refractivity contribution is 5.82. The first-order valence-electron chi connectivity index (χ1n) is 6.66. The molecule has 1 amide bonds. The molecule has 0 aromatic carbocycles. The molecule has 1 fully saturated rings. The topological polar surface area (TPSA) is 75.4 Å². The van der Waals surface area contributed by atoms with Crippen LogP contribution in [0, 0.1) is 5.92 Å². The van der Waals surface area contributed by atoms with Gasteiger partial charge < -0.3 is 15.5 Å². The van der Waals surface area contributed by atoms with Crippen molar-refractivity contribution in [3.63, 3.8) is 0 Å². The molecule has 2 rings (SSSR count). The third-order valence-electron chi connectivity index (χ3n) is 3.43. The van der Waals surface area contributed by atoms with E-state index in [0.717, 1.165) is 19.0 Å². The van der Waals surface area contributed by atoms with Crippen molar-refractivity contribution < 1.29 is 4.79 Å². The Hall–Kier alpha value is -1.69. The van der Waals surface area contributed by atoms with E-state index in [4.69, 9.17) is 5.73 Å². The van der Waals surface area contributed by atoms with Gasteiger partial charge in [-0.15, -0.1) is 0 Å². The lowest BCUT2D eigenvalue weighted by Crippen LogP contribution is -2.54. The van der Waals surface area contributed by atoms with Gasteiger partial charge in [-0.25, -0.2) is 9.97 Å². The van der Waals surface area contributed by atoms with Crippen LogP contribution in [0.25, 0.3) is 0 Å². The molecule has 1 aliphatic rings. The monoisotopic (exact) mass is 263 g/mol. The highest BCUT2D eigenvalue weighted by Gasteiger charge is 2.27. The molecule has 1 unspecified atom stereocenters. The number of rotatable bonds is 3. The molecule has 0 saturated carbocycles. The maximum atomic E-state index is 12.1. The zero-order chi connectivity index (χ0) is 13.8. The van der Waals surface area contributed by atoms with Crippen molar-refractivity contribution >= 4 is 11.9 Å². The number of carbonyl (C=O) groups is 1. The fourth-order valence-corrected chi connectivity index (χ4v) is 2.08. The van der Waals surface area contributed by atoms with Crippen molar-refractivity contribution in [2.24, 2.45) is 11.7 Å². The standard InChI is InChI=1S/C13H21N5O/c1-10(2)11(14)12(19)17-6-8-18(9-7-17)13-15-4-3-5-16-13/h3-5,10-11H,6-9,14H2,1-2H3. The Kier molecular flexibility index (Phi) is 4.31. The zero-order valence-electron chi connectivity index (χ0n) is 11.5. The number of aromatic nitrogens is 2. The number of hydrogen-bond donors (Lipinski definition) is 1. The highest BCUT2D eigenvalue weighted by Crippen LogP contribution is 2.11. The van der Waals surface area contributed by atoms with E-state index in [9.17, 15) is 4.79 Å². The molecule has 1 atom stereocenters. The van der Waals surface area contributed by atoms with Gasteiger partial charge in [0.25, 0.3) is 0 Å². The van der Waals surface area contributed by atoms with Crippen LogP contribution in [0.1, 0.15) is 13.8 Å². The van der Waals surface area contributed by atoms with E-state index in [1.807, 2.05) is 18.7 Å². The second kappa shape index (κ2) is 5.97. The largest absolute Gasteiger partial charge is 0.338 e. The number of anilines is 1. The summed E-state index contributed by atoms with van der Waals surface area (Å²) in [7, 11) is 0. The Bertz CT molecular complexity index is 414. The minimum absolute atomic E-state index is 0.0450. The summed E-state index contributed by atoms with van der Waals surface area (Å²) >= 11 is 0. The third kappa shape index (κ3) is 3.20. The van der Waals surface area contributed by atoms with Gasteiger partial charge in [0, 0.05) is 38.6 Å². The van der Waals surface area contributed by atoms with Crippen LogP contribution in [0.4, 0.5) is 5.95 Å². The van der Waals surface area contributed by atoms with Crippen molar-refractivity contribution in [1.29, 1.82) is 0 Å². The van der Waals surface area contributed by atoms with Crippen LogP contribution in [0.15, 0.2) is 18.5 Å². The Morgan fingerprint density at radius 3 is 2.32 bits per heavy atom. The molecule has 19 heavy (non-hydrogen) atoms. The summed E-state index contributed by atoms with van der Waals surface area (Å²) < 4.78 is 0. The van der Waals surface area contributed by atoms with Crippen molar-refractivity contribution in [3.05, 3.63) is 18.5 Å². The van der Waals surface area contributed by atoms with E-state index >= 15 is 0 Å². The summed E-state index contributed by atoms with van der Waals surface area (Å²) in [6.07, 6.45) is 3.46. The molecule has 0 bridgehead atoms. The molecular formula is C13H21N5O. The summed E-state index contributed by atoms with van der Waals surface area (Å²) in [5.74, 6) is 0.939. The first-order valence-corrected chi connectivity index (χ1v) is 6.66. The van der Waals surface area contributed by atoms with Gasteiger partial charge in [-0.05, 0) is 12.0 Å². The number of nitrogens with zero attached hydrogens (tertiary/aromatic N) is 4. The molecule has 6 nitrogen and oxygen atoms in total. The number of amides is 1. The number of hydrogen-bond acceptors (Lipinski definition) is 5. The lowest BCUT2D eigenvalue weighted by atomic mass is 10.0. The molecule has 0 aliphatic carbocycles. The minimum atomic E-state index is -0.403. The average Bonchev–Trinajstić information content (AvgIpc) is 2.46. The molecule has 1 aliphatic heterocycles.